The lowest BCUT2D eigenvalue weighted by atomic mass is 9.70. The summed E-state index contributed by atoms with van der Waals surface area (Å²) in [4.78, 5) is 5.52. The van der Waals surface area contributed by atoms with Gasteiger partial charge in [-0.25, -0.2) is 4.98 Å². The second kappa shape index (κ2) is 9.90. The van der Waals surface area contributed by atoms with E-state index < -0.39 is 5.41 Å². The van der Waals surface area contributed by atoms with Crippen LogP contribution >= 0.6 is 0 Å². The van der Waals surface area contributed by atoms with E-state index in [1.807, 2.05) is 0 Å². The van der Waals surface area contributed by atoms with Gasteiger partial charge in [-0.2, -0.15) is 0 Å². The maximum Gasteiger partial charge on any atom is 0.134 e. The summed E-state index contributed by atoms with van der Waals surface area (Å²) in [6.07, 6.45) is 0. The van der Waals surface area contributed by atoms with Crippen molar-refractivity contribution < 1.29 is 0 Å². The lowest BCUT2D eigenvalue weighted by Crippen LogP contribution is -2.29. The number of imidazole rings is 1. The Labute approximate surface area is 272 Å². The summed E-state index contributed by atoms with van der Waals surface area (Å²) >= 11 is 0. The third kappa shape index (κ3) is 3.60. The molecule has 3 nitrogen and oxygen atoms in total. The van der Waals surface area contributed by atoms with Gasteiger partial charge in [0.2, 0.25) is 0 Å². The molecule has 0 unspecified atom stereocenters. The molecule has 0 spiro atoms. The number of benzene rings is 7. The molecule has 220 valence electrons. The summed E-state index contributed by atoms with van der Waals surface area (Å²) in [6, 6.07) is 63.4. The molecule has 2 aromatic heterocycles. The zero-order valence-electron chi connectivity index (χ0n) is 25.6. The molecule has 9 aromatic rings. The van der Waals surface area contributed by atoms with Crippen LogP contribution in [0.15, 0.2) is 176 Å². The predicted octanol–water partition coefficient (Wildman–Crippen LogP) is 10.5. The molecule has 10 rings (SSSR count). The van der Waals surface area contributed by atoms with Gasteiger partial charge in [0.05, 0.1) is 27.8 Å². The van der Waals surface area contributed by atoms with Gasteiger partial charge in [-0.15, -0.1) is 0 Å². The van der Waals surface area contributed by atoms with Gasteiger partial charge in [0.15, 0.2) is 0 Å². The first-order chi connectivity index (χ1) is 23.3. The van der Waals surface area contributed by atoms with Crippen LogP contribution in [0.4, 0.5) is 0 Å². The van der Waals surface area contributed by atoms with Crippen LogP contribution in [0.25, 0.3) is 55.3 Å². The molecule has 0 saturated heterocycles. The quantitative estimate of drug-likeness (QED) is 0.197. The van der Waals surface area contributed by atoms with Crippen LogP contribution in [-0.4, -0.2) is 14.1 Å². The third-order valence-electron chi connectivity index (χ3n) is 9.97. The van der Waals surface area contributed by atoms with Gasteiger partial charge in [-0.1, -0.05) is 127 Å². The van der Waals surface area contributed by atoms with Gasteiger partial charge in [-0.05, 0) is 76.3 Å². The Balaban J connectivity index is 1.20. The average molecular weight is 600 g/mol. The second-order valence-electron chi connectivity index (χ2n) is 12.4. The van der Waals surface area contributed by atoms with E-state index >= 15 is 0 Å². The van der Waals surface area contributed by atoms with E-state index in [1.165, 1.54) is 55.4 Å². The largest absolute Gasteiger partial charge is 0.309 e. The molecule has 0 fully saturated rings. The van der Waals surface area contributed by atoms with Crippen LogP contribution < -0.4 is 0 Å². The highest BCUT2D eigenvalue weighted by molar-refractivity contribution is 6.10. The van der Waals surface area contributed by atoms with Crippen LogP contribution in [0.5, 0.6) is 0 Å². The van der Waals surface area contributed by atoms with E-state index in [-0.39, 0.29) is 0 Å². The molecule has 0 aliphatic carbocycles. The van der Waals surface area contributed by atoms with Crippen molar-refractivity contribution in [2.24, 2.45) is 0 Å². The number of nitrogens with zero attached hydrogens (tertiary/aromatic N) is 3. The summed E-state index contributed by atoms with van der Waals surface area (Å²) in [5.74, 6) is 1.03. The van der Waals surface area contributed by atoms with Gasteiger partial charge in [-0.3, -0.25) is 4.57 Å². The Bertz CT molecular complexity index is 2570. The summed E-state index contributed by atoms with van der Waals surface area (Å²) in [5.41, 5.74) is 12.4. The number of fused-ring (bicyclic) bond motifs is 8. The standard InChI is InChI=1S/C44H29N3/c1-4-14-32(15-5-1)44(33-16-6-2-7-17-33)37-21-11-13-23-41(37)47-42-27-25-31(29-38(42)45-43(44)47)30-24-26-40-36(28-30)35-20-10-12-22-39(35)46(40)34-18-8-3-9-19-34/h1-29H. The molecule has 0 radical (unpaired) electrons. The fraction of sp³-hybridized carbons (Fsp3) is 0.0227. The van der Waals surface area contributed by atoms with Crippen molar-refractivity contribution in [3.05, 3.63) is 198 Å². The van der Waals surface area contributed by atoms with E-state index in [0.717, 1.165) is 22.4 Å². The van der Waals surface area contributed by atoms with E-state index in [1.54, 1.807) is 0 Å². The van der Waals surface area contributed by atoms with E-state index in [2.05, 4.69) is 185 Å². The Morgan fingerprint density at radius 1 is 0.426 bits per heavy atom. The average Bonchev–Trinajstić information content (AvgIpc) is 3.78. The SMILES string of the molecule is c1ccc(-n2c3ccccc3c3cc(-c4ccc5c(c4)nc4n5-c5ccccc5C4(c4ccccc4)c4ccccc4)ccc32)cc1. The van der Waals surface area contributed by atoms with Crippen LogP contribution in [0.3, 0.4) is 0 Å². The van der Waals surface area contributed by atoms with Gasteiger partial charge in [0, 0.05) is 16.5 Å². The number of hydrogen-bond donors (Lipinski definition) is 0. The van der Waals surface area contributed by atoms with Crippen molar-refractivity contribution in [1.82, 2.24) is 14.1 Å². The summed E-state index contributed by atoms with van der Waals surface area (Å²) < 4.78 is 4.74. The van der Waals surface area contributed by atoms with Gasteiger partial charge >= 0.3 is 0 Å². The molecule has 1 aliphatic heterocycles. The number of aromatic nitrogens is 3. The zero-order chi connectivity index (χ0) is 31.0. The molecule has 3 heterocycles. The van der Waals surface area contributed by atoms with Gasteiger partial charge in [0.1, 0.15) is 11.2 Å². The predicted molar refractivity (Wildman–Crippen MR) is 193 cm³/mol. The Morgan fingerprint density at radius 3 is 1.74 bits per heavy atom. The molecule has 0 N–H and O–H groups in total. The molecule has 0 bridgehead atoms. The molecule has 47 heavy (non-hydrogen) atoms. The molecule has 0 atom stereocenters. The second-order valence-corrected chi connectivity index (χ2v) is 12.4. The van der Waals surface area contributed by atoms with E-state index in [4.69, 9.17) is 4.98 Å². The Morgan fingerprint density at radius 2 is 1.00 bits per heavy atom. The normalized spacial score (nSPS) is 13.3. The summed E-state index contributed by atoms with van der Waals surface area (Å²) in [6.45, 7) is 0. The fourth-order valence-corrected chi connectivity index (χ4v) is 7.98. The first-order valence-electron chi connectivity index (χ1n) is 16.2. The van der Waals surface area contributed by atoms with Crippen molar-refractivity contribution >= 4 is 32.8 Å². The summed E-state index contributed by atoms with van der Waals surface area (Å²) in [7, 11) is 0. The molecule has 7 aromatic carbocycles. The Kier molecular flexibility index (Phi) is 5.49. The number of rotatable bonds is 4. The van der Waals surface area contributed by atoms with E-state index in [9.17, 15) is 0 Å². The molecular formula is C44H29N3. The lowest BCUT2D eigenvalue weighted by molar-refractivity contribution is 0.718. The van der Waals surface area contributed by atoms with Crippen LogP contribution in [-0.2, 0) is 5.41 Å². The summed E-state index contributed by atoms with van der Waals surface area (Å²) in [5, 5.41) is 2.50. The molecule has 1 aliphatic rings. The smallest absolute Gasteiger partial charge is 0.134 e. The fourth-order valence-electron chi connectivity index (χ4n) is 7.98. The van der Waals surface area contributed by atoms with Crippen molar-refractivity contribution in [3.63, 3.8) is 0 Å². The monoisotopic (exact) mass is 599 g/mol. The van der Waals surface area contributed by atoms with Crippen molar-refractivity contribution in [3.8, 4) is 22.5 Å². The highest BCUT2D eigenvalue weighted by Gasteiger charge is 2.48. The lowest BCUT2D eigenvalue weighted by Gasteiger charge is -2.30. The minimum Gasteiger partial charge on any atom is -0.309 e. The van der Waals surface area contributed by atoms with Gasteiger partial charge < -0.3 is 4.57 Å². The van der Waals surface area contributed by atoms with Gasteiger partial charge in [0.25, 0.3) is 0 Å². The maximum atomic E-state index is 5.52. The first kappa shape index (κ1) is 26.1. The zero-order valence-corrected chi connectivity index (χ0v) is 25.6. The number of hydrogen-bond acceptors (Lipinski definition) is 1. The van der Waals surface area contributed by atoms with Crippen LogP contribution in [0, 0.1) is 0 Å². The van der Waals surface area contributed by atoms with Crippen LogP contribution in [0.1, 0.15) is 22.5 Å². The minimum absolute atomic E-state index is 0.531. The highest BCUT2D eigenvalue weighted by Crippen LogP contribution is 2.52. The molecule has 0 saturated carbocycles. The third-order valence-corrected chi connectivity index (χ3v) is 9.97. The first-order valence-corrected chi connectivity index (χ1v) is 16.2. The highest BCUT2D eigenvalue weighted by atomic mass is 15.1. The maximum absolute atomic E-state index is 5.52. The minimum atomic E-state index is -0.531. The molecular weight excluding hydrogens is 571 g/mol. The number of para-hydroxylation sites is 3. The van der Waals surface area contributed by atoms with Crippen molar-refractivity contribution in [2.75, 3.05) is 0 Å². The Hall–Kier alpha value is -6.19. The van der Waals surface area contributed by atoms with E-state index in [0.29, 0.717) is 0 Å². The van der Waals surface area contributed by atoms with Crippen LogP contribution in [0.2, 0.25) is 0 Å². The molecule has 3 heteroatoms. The topological polar surface area (TPSA) is 22.8 Å². The van der Waals surface area contributed by atoms with Crippen molar-refractivity contribution in [2.45, 2.75) is 5.41 Å². The van der Waals surface area contributed by atoms with Crippen molar-refractivity contribution in [1.29, 1.82) is 0 Å². The molecule has 0 amide bonds.